The van der Waals surface area contributed by atoms with Crippen LogP contribution in [0.3, 0.4) is 0 Å². The van der Waals surface area contributed by atoms with Gasteiger partial charge in [0, 0.05) is 27.6 Å². The van der Waals surface area contributed by atoms with E-state index in [-0.39, 0.29) is 5.97 Å². The minimum absolute atomic E-state index is 0.314. The number of carbonyl (C=O) groups is 1. The SMILES string of the molecule is CCOC(=O)C(Nc1ccc(Br)cc1)c1ccc(C)nc1. The first kappa shape index (κ1) is 15.5. The van der Waals surface area contributed by atoms with Crippen molar-refractivity contribution >= 4 is 27.6 Å². The first-order chi connectivity index (χ1) is 10.1. The van der Waals surface area contributed by atoms with E-state index in [0.29, 0.717) is 6.61 Å². The van der Waals surface area contributed by atoms with E-state index in [0.717, 1.165) is 21.4 Å². The first-order valence-corrected chi connectivity index (χ1v) is 7.50. The van der Waals surface area contributed by atoms with Crippen molar-refractivity contribution < 1.29 is 9.53 Å². The minimum Gasteiger partial charge on any atom is -0.464 e. The predicted octanol–water partition coefficient (Wildman–Crippen LogP) is 3.87. The van der Waals surface area contributed by atoms with Crippen LogP contribution in [0.1, 0.15) is 24.2 Å². The number of rotatable bonds is 5. The van der Waals surface area contributed by atoms with Crippen LogP contribution in [0, 0.1) is 6.92 Å². The van der Waals surface area contributed by atoms with Crippen LogP contribution in [0.5, 0.6) is 0 Å². The molecule has 0 fully saturated rings. The molecule has 5 heteroatoms. The quantitative estimate of drug-likeness (QED) is 0.833. The average molecular weight is 349 g/mol. The second kappa shape index (κ2) is 7.22. The van der Waals surface area contributed by atoms with E-state index in [4.69, 9.17) is 4.74 Å². The van der Waals surface area contributed by atoms with Crippen LogP contribution in [-0.4, -0.2) is 17.6 Å². The van der Waals surface area contributed by atoms with E-state index in [9.17, 15) is 4.79 Å². The van der Waals surface area contributed by atoms with E-state index in [1.165, 1.54) is 0 Å². The Balaban J connectivity index is 2.25. The van der Waals surface area contributed by atoms with E-state index in [1.807, 2.05) is 43.3 Å². The van der Waals surface area contributed by atoms with E-state index in [1.54, 1.807) is 13.1 Å². The van der Waals surface area contributed by atoms with Crippen LogP contribution in [0.4, 0.5) is 5.69 Å². The molecule has 0 radical (unpaired) electrons. The third kappa shape index (κ3) is 4.29. The molecule has 0 aliphatic carbocycles. The van der Waals surface area contributed by atoms with Gasteiger partial charge in [0.15, 0.2) is 6.04 Å². The minimum atomic E-state index is -0.570. The van der Waals surface area contributed by atoms with Crippen LogP contribution in [0.25, 0.3) is 0 Å². The molecule has 0 saturated heterocycles. The number of anilines is 1. The van der Waals surface area contributed by atoms with Crippen molar-refractivity contribution in [3.8, 4) is 0 Å². The molecule has 0 aliphatic heterocycles. The highest BCUT2D eigenvalue weighted by Gasteiger charge is 2.22. The van der Waals surface area contributed by atoms with Gasteiger partial charge in [-0.05, 0) is 44.2 Å². The second-order valence-corrected chi connectivity index (χ2v) is 5.48. The monoisotopic (exact) mass is 348 g/mol. The second-order valence-electron chi connectivity index (χ2n) is 4.57. The Hall–Kier alpha value is -1.88. The summed E-state index contributed by atoms with van der Waals surface area (Å²) >= 11 is 3.39. The topological polar surface area (TPSA) is 51.2 Å². The van der Waals surface area contributed by atoms with Gasteiger partial charge < -0.3 is 10.1 Å². The summed E-state index contributed by atoms with van der Waals surface area (Å²) < 4.78 is 6.13. The zero-order valence-corrected chi connectivity index (χ0v) is 13.6. The highest BCUT2D eigenvalue weighted by molar-refractivity contribution is 9.10. The molecule has 110 valence electrons. The van der Waals surface area contributed by atoms with E-state index in [2.05, 4.69) is 26.2 Å². The summed E-state index contributed by atoms with van der Waals surface area (Å²) in [7, 11) is 0. The summed E-state index contributed by atoms with van der Waals surface area (Å²) in [6.07, 6.45) is 1.70. The molecule has 1 heterocycles. The van der Waals surface area contributed by atoms with Crippen molar-refractivity contribution in [3.05, 3.63) is 58.3 Å². The molecule has 0 amide bonds. The number of ether oxygens (including phenoxy) is 1. The van der Waals surface area contributed by atoms with Gasteiger partial charge in [-0.3, -0.25) is 4.98 Å². The molecular formula is C16H17BrN2O2. The molecule has 1 aromatic heterocycles. The molecule has 1 atom stereocenters. The number of nitrogens with one attached hydrogen (secondary N) is 1. The largest absolute Gasteiger partial charge is 0.464 e. The maximum absolute atomic E-state index is 12.2. The number of hydrogen-bond acceptors (Lipinski definition) is 4. The predicted molar refractivity (Wildman–Crippen MR) is 86.1 cm³/mol. The number of nitrogens with zero attached hydrogens (tertiary/aromatic N) is 1. The lowest BCUT2D eigenvalue weighted by molar-refractivity contribution is -0.144. The highest BCUT2D eigenvalue weighted by Crippen LogP contribution is 2.22. The van der Waals surface area contributed by atoms with Crippen LogP contribution in [0.2, 0.25) is 0 Å². The fourth-order valence-electron chi connectivity index (χ4n) is 1.87. The standard InChI is InChI=1S/C16H17BrN2O2/c1-3-21-16(20)15(12-5-4-11(2)18-10-12)19-14-8-6-13(17)7-9-14/h4-10,15,19H,3H2,1-2H3. The maximum atomic E-state index is 12.2. The van der Waals surface area contributed by atoms with Gasteiger partial charge in [0.1, 0.15) is 0 Å². The van der Waals surface area contributed by atoms with Crippen LogP contribution < -0.4 is 5.32 Å². The van der Waals surface area contributed by atoms with Crippen molar-refractivity contribution in [2.24, 2.45) is 0 Å². The lowest BCUT2D eigenvalue weighted by Gasteiger charge is -2.18. The fourth-order valence-corrected chi connectivity index (χ4v) is 2.13. The zero-order valence-electron chi connectivity index (χ0n) is 12.0. The van der Waals surface area contributed by atoms with Crippen molar-refractivity contribution in [1.29, 1.82) is 0 Å². The smallest absolute Gasteiger partial charge is 0.333 e. The molecular weight excluding hydrogens is 332 g/mol. The molecule has 0 bridgehead atoms. The first-order valence-electron chi connectivity index (χ1n) is 6.71. The number of carbonyl (C=O) groups excluding carboxylic acids is 1. The summed E-state index contributed by atoms with van der Waals surface area (Å²) in [5.41, 5.74) is 2.53. The van der Waals surface area contributed by atoms with Crippen molar-refractivity contribution in [2.75, 3.05) is 11.9 Å². The van der Waals surface area contributed by atoms with Gasteiger partial charge >= 0.3 is 5.97 Å². The van der Waals surface area contributed by atoms with Crippen molar-refractivity contribution in [3.63, 3.8) is 0 Å². The van der Waals surface area contributed by atoms with Crippen molar-refractivity contribution in [2.45, 2.75) is 19.9 Å². The van der Waals surface area contributed by atoms with Gasteiger partial charge in [0.2, 0.25) is 0 Å². The summed E-state index contributed by atoms with van der Waals surface area (Å²) in [5.74, 6) is -0.314. The van der Waals surface area contributed by atoms with Crippen molar-refractivity contribution in [1.82, 2.24) is 4.98 Å². The fraction of sp³-hybridized carbons (Fsp3) is 0.250. The lowest BCUT2D eigenvalue weighted by Crippen LogP contribution is -2.23. The third-order valence-corrected chi connectivity index (χ3v) is 3.47. The third-order valence-electron chi connectivity index (χ3n) is 2.95. The van der Waals surface area contributed by atoms with E-state index >= 15 is 0 Å². The number of halogens is 1. The molecule has 0 aliphatic rings. The van der Waals surface area contributed by atoms with Gasteiger partial charge in [-0.25, -0.2) is 4.79 Å². The normalized spacial score (nSPS) is 11.8. The van der Waals surface area contributed by atoms with Gasteiger partial charge in [-0.2, -0.15) is 0 Å². The van der Waals surface area contributed by atoms with Gasteiger partial charge in [0.05, 0.1) is 6.61 Å². The molecule has 21 heavy (non-hydrogen) atoms. The van der Waals surface area contributed by atoms with Crippen LogP contribution >= 0.6 is 15.9 Å². The Morgan fingerprint density at radius 3 is 2.57 bits per heavy atom. The molecule has 1 unspecified atom stereocenters. The molecule has 1 aromatic carbocycles. The van der Waals surface area contributed by atoms with Gasteiger partial charge in [0.25, 0.3) is 0 Å². The molecule has 1 N–H and O–H groups in total. The lowest BCUT2D eigenvalue weighted by atomic mass is 10.1. The molecule has 2 aromatic rings. The highest BCUT2D eigenvalue weighted by atomic mass is 79.9. The summed E-state index contributed by atoms with van der Waals surface area (Å²) in [4.78, 5) is 16.4. The molecule has 0 saturated carbocycles. The Kier molecular flexibility index (Phi) is 5.33. The Morgan fingerprint density at radius 1 is 1.29 bits per heavy atom. The average Bonchev–Trinajstić information content (AvgIpc) is 2.48. The van der Waals surface area contributed by atoms with E-state index < -0.39 is 6.04 Å². The van der Waals surface area contributed by atoms with Crippen LogP contribution in [-0.2, 0) is 9.53 Å². The van der Waals surface area contributed by atoms with Gasteiger partial charge in [-0.15, -0.1) is 0 Å². The number of hydrogen-bond donors (Lipinski definition) is 1. The number of esters is 1. The maximum Gasteiger partial charge on any atom is 0.333 e. The Labute approximate surface area is 132 Å². The van der Waals surface area contributed by atoms with Gasteiger partial charge in [-0.1, -0.05) is 22.0 Å². The van der Waals surface area contributed by atoms with Crippen LogP contribution in [0.15, 0.2) is 47.1 Å². The zero-order chi connectivity index (χ0) is 15.2. The number of aromatic nitrogens is 1. The molecule has 0 spiro atoms. The number of benzene rings is 1. The molecule has 4 nitrogen and oxygen atoms in total. The number of aryl methyl sites for hydroxylation is 1. The Morgan fingerprint density at radius 2 is 2.00 bits per heavy atom. The summed E-state index contributed by atoms with van der Waals surface area (Å²) in [5, 5.41) is 3.19. The number of pyridine rings is 1. The summed E-state index contributed by atoms with van der Waals surface area (Å²) in [6, 6.07) is 10.8. The molecule has 2 rings (SSSR count). The summed E-state index contributed by atoms with van der Waals surface area (Å²) in [6.45, 7) is 4.05. The Bertz CT molecular complexity index is 597.